The van der Waals surface area contributed by atoms with Crippen LogP contribution in [0, 0.1) is 5.92 Å². The van der Waals surface area contributed by atoms with Crippen LogP contribution in [-0.2, 0) is 9.59 Å². The van der Waals surface area contributed by atoms with E-state index >= 15 is 0 Å². The number of fused-ring (bicyclic) bond motifs is 1. The summed E-state index contributed by atoms with van der Waals surface area (Å²) in [7, 11) is 0. The Morgan fingerprint density at radius 2 is 2.27 bits per heavy atom. The van der Waals surface area contributed by atoms with Crippen LogP contribution < -0.4 is 15.4 Å². The Hall–Kier alpha value is -2.41. The first kappa shape index (κ1) is 13.3. The maximum Gasteiger partial charge on any atom is 0.262 e. The van der Waals surface area contributed by atoms with Crippen molar-refractivity contribution < 1.29 is 14.3 Å². The number of ether oxygens (including phenoxy) is 1. The smallest absolute Gasteiger partial charge is 0.262 e. The SMILES string of the molecule is O=C1COc2ccc(-c3csc(NC(=O)C4CC4)n3)cc2N1. The van der Waals surface area contributed by atoms with Gasteiger partial charge in [0.05, 0.1) is 11.4 Å². The van der Waals surface area contributed by atoms with E-state index in [9.17, 15) is 9.59 Å². The summed E-state index contributed by atoms with van der Waals surface area (Å²) in [4.78, 5) is 27.5. The van der Waals surface area contributed by atoms with Gasteiger partial charge in [0.2, 0.25) is 5.91 Å². The highest BCUT2D eigenvalue weighted by atomic mass is 32.1. The zero-order valence-corrected chi connectivity index (χ0v) is 12.4. The highest BCUT2D eigenvalue weighted by Crippen LogP contribution is 2.34. The maximum absolute atomic E-state index is 11.7. The van der Waals surface area contributed by atoms with Crippen LogP contribution in [0.1, 0.15) is 12.8 Å². The average molecular weight is 315 g/mol. The molecule has 2 amide bonds. The topological polar surface area (TPSA) is 80.3 Å². The minimum Gasteiger partial charge on any atom is -0.482 e. The molecule has 0 bridgehead atoms. The Morgan fingerprint density at radius 1 is 1.41 bits per heavy atom. The number of thiazole rings is 1. The molecule has 6 nitrogen and oxygen atoms in total. The van der Waals surface area contributed by atoms with Gasteiger partial charge < -0.3 is 15.4 Å². The summed E-state index contributed by atoms with van der Waals surface area (Å²) in [5.41, 5.74) is 2.27. The third-order valence-electron chi connectivity index (χ3n) is 3.59. The molecule has 1 saturated carbocycles. The Balaban J connectivity index is 1.56. The molecule has 0 atom stereocenters. The van der Waals surface area contributed by atoms with Crippen molar-refractivity contribution >= 4 is 34.0 Å². The van der Waals surface area contributed by atoms with Crippen molar-refractivity contribution in [3.8, 4) is 17.0 Å². The highest BCUT2D eigenvalue weighted by Gasteiger charge is 2.30. The molecule has 1 aliphatic carbocycles. The molecular formula is C15H13N3O3S. The van der Waals surface area contributed by atoms with Crippen molar-refractivity contribution in [3.63, 3.8) is 0 Å². The van der Waals surface area contributed by atoms with Crippen molar-refractivity contribution in [2.75, 3.05) is 17.2 Å². The maximum atomic E-state index is 11.7. The summed E-state index contributed by atoms with van der Waals surface area (Å²) in [6.07, 6.45) is 1.93. The van der Waals surface area contributed by atoms with Gasteiger partial charge in [-0.3, -0.25) is 9.59 Å². The van der Waals surface area contributed by atoms with Crippen LogP contribution in [0.3, 0.4) is 0 Å². The van der Waals surface area contributed by atoms with E-state index in [1.165, 1.54) is 11.3 Å². The summed E-state index contributed by atoms with van der Waals surface area (Å²) in [6, 6.07) is 5.53. The largest absolute Gasteiger partial charge is 0.482 e. The molecule has 7 heteroatoms. The van der Waals surface area contributed by atoms with Gasteiger partial charge in [-0.05, 0) is 31.0 Å². The van der Waals surface area contributed by atoms with E-state index in [0.717, 1.165) is 24.1 Å². The molecule has 1 aromatic heterocycles. The summed E-state index contributed by atoms with van der Waals surface area (Å²) in [6.45, 7) is 0.0421. The molecule has 0 radical (unpaired) electrons. The van der Waals surface area contributed by atoms with Crippen molar-refractivity contribution in [1.29, 1.82) is 0 Å². The molecule has 2 aromatic rings. The van der Waals surface area contributed by atoms with Gasteiger partial charge in [0.15, 0.2) is 11.7 Å². The monoisotopic (exact) mass is 315 g/mol. The van der Waals surface area contributed by atoms with Gasteiger partial charge >= 0.3 is 0 Å². The molecule has 1 fully saturated rings. The van der Waals surface area contributed by atoms with Gasteiger partial charge in [-0.1, -0.05) is 0 Å². The van der Waals surface area contributed by atoms with Crippen LogP contribution >= 0.6 is 11.3 Å². The van der Waals surface area contributed by atoms with Crippen LogP contribution in [-0.4, -0.2) is 23.4 Å². The molecule has 0 saturated heterocycles. The third kappa shape index (κ3) is 2.55. The van der Waals surface area contributed by atoms with Crippen LogP contribution in [0.5, 0.6) is 5.75 Å². The summed E-state index contributed by atoms with van der Waals surface area (Å²) in [5, 5.41) is 8.10. The average Bonchev–Trinajstić information content (AvgIpc) is 3.27. The van der Waals surface area contributed by atoms with E-state index in [2.05, 4.69) is 15.6 Å². The van der Waals surface area contributed by atoms with Gasteiger partial charge in [0, 0.05) is 16.9 Å². The van der Waals surface area contributed by atoms with E-state index < -0.39 is 0 Å². The predicted octanol–water partition coefficient (Wildman–Crippen LogP) is 2.49. The fourth-order valence-electron chi connectivity index (χ4n) is 2.26. The number of nitrogens with zero attached hydrogens (tertiary/aromatic N) is 1. The van der Waals surface area contributed by atoms with E-state index in [1.807, 2.05) is 23.6 Å². The lowest BCUT2D eigenvalue weighted by atomic mass is 10.1. The molecule has 2 heterocycles. The van der Waals surface area contributed by atoms with E-state index in [0.29, 0.717) is 16.6 Å². The highest BCUT2D eigenvalue weighted by molar-refractivity contribution is 7.14. The molecule has 1 aromatic carbocycles. The van der Waals surface area contributed by atoms with Crippen LogP contribution in [0.25, 0.3) is 11.3 Å². The van der Waals surface area contributed by atoms with Crippen molar-refractivity contribution in [3.05, 3.63) is 23.6 Å². The van der Waals surface area contributed by atoms with Crippen molar-refractivity contribution in [2.24, 2.45) is 5.92 Å². The molecule has 0 unspecified atom stereocenters. The second kappa shape index (κ2) is 5.10. The normalized spacial score (nSPS) is 16.5. The van der Waals surface area contributed by atoms with Gasteiger partial charge in [-0.2, -0.15) is 0 Å². The number of anilines is 2. The molecule has 0 spiro atoms. The Bertz CT molecular complexity index is 767. The summed E-state index contributed by atoms with van der Waals surface area (Å²) in [5.74, 6) is 0.691. The van der Waals surface area contributed by atoms with E-state index in [4.69, 9.17) is 4.74 Å². The fourth-order valence-corrected chi connectivity index (χ4v) is 2.98. The number of nitrogens with one attached hydrogen (secondary N) is 2. The van der Waals surface area contributed by atoms with Crippen LogP contribution in [0.2, 0.25) is 0 Å². The first-order valence-electron chi connectivity index (χ1n) is 7.02. The van der Waals surface area contributed by atoms with E-state index in [1.54, 1.807) is 0 Å². The molecule has 4 rings (SSSR count). The number of hydrogen-bond acceptors (Lipinski definition) is 5. The standard InChI is InChI=1S/C15H13N3O3S/c19-13-6-21-12-4-3-9(5-10(12)16-13)11-7-22-15(17-11)18-14(20)8-1-2-8/h3-5,7-8H,1-2,6H2,(H,16,19)(H,17,18,20). The summed E-state index contributed by atoms with van der Waals surface area (Å²) >= 11 is 1.39. The van der Waals surface area contributed by atoms with Crippen LogP contribution in [0.15, 0.2) is 23.6 Å². The molecule has 112 valence electrons. The fraction of sp³-hybridized carbons (Fsp3) is 0.267. The first-order chi connectivity index (χ1) is 10.7. The molecule has 2 aliphatic rings. The second-order valence-electron chi connectivity index (χ2n) is 5.35. The number of benzene rings is 1. The van der Waals surface area contributed by atoms with Gasteiger partial charge in [0.25, 0.3) is 5.91 Å². The minimum absolute atomic E-state index is 0.0421. The zero-order valence-electron chi connectivity index (χ0n) is 11.6. The quantitative estimate of drug-likeness (QED) is 0.912. The summed E-state index contributed by atoms with van der Waals surface area (Å²) < 4.78 is 5.33. The molecule has 22 heavy (non-hydrogen) atoms. The number of amides is 2. The predicted molar refractivity (Wildman–Crippen MR) is 83.0 cm³/mol. The number of hydrogen-bond donors (Lipinski definition) is 2. The Kier molecular flexibility index (Phi) is 3.07. The van der Waals surface area contributed by atoms with E-state index in [-0.39, 0.29) is 24.3 Å². The van der Waals surface area contributed by atoms with Crippen molar-refractivity contribution in [2.45, 2.75) is 12.8 Å². The van der Waals surface area contributed by atoms with Gasteiger partial charge in [-0.25, -0.2) is 4.98 Å². The van der Waals surface area contributed by atoms with Gasteiger partial charge in [0.1, 0.15) is 5.75 Å². The second-order valence-corrected chi connectivity index (χ2v) is 6.21. The van der Waals surface area contributed by atoms with Gasteiger partial charge in [-0.15, -0.1) is 11.3 Å². The zero-order chi connectivity index (χ0) is 15.1. The Morgan fingerprint density at radius 3 is 3.09 bits per heavy atom. The minimum atomic E-state index is -0.166. The first-order valence-corrected chi connectivity index (χ1v) is 7.90. The van der Waals surface area contributed by atoms with Crippen molar-refractivity contribution in [1.82, 2.24) is 4.98 Å². The lowest BCUT2D eigenvalue weighted by molar-refractivity contribution is -0.119. The molecule has 1 aliphatic heterocycles. The lowest BCUT2D eigenvalue weighted by Gasteiger charge is -2.18. The number of aromatic nitrogens is 1. The number of rotatable bonds is 3. The van der Waals surface area contributed by atoms with Crippen LogP contribution in [0.4, 0.5) is 10.8 Å². The number of carbonyl (C=O) groups excluding carboxylic acids is 2. The molecule has 2 N–H and O–H groups in total. The lowest BCUT2D eigenvalue weighted by Crippen LogP contribution is -2.25. The molecular weight excluding hydrogens is 302 g/mol. The third-order valence-corrected chi connectivity index (χ3v) is 4.35. The number of carbonyl (C=O) groups is 2. The Labute approximate surface area is 130 Å².